The van der Waals surface area contributed by atoms with E-state index in [4.69, 9.17) is 0 Å². The Morgan fingerprint density at radius 1 is 1.33 bits per heavy atom. The van der Waals surface area contributed by atoms with E-state index in [2.05, 4.69) is 6.92 Å². The number of alkyl halides is 1. The molecule has 1 radical (unpaired) electrons. The van der Waals surface area contributed by atoms with Gasteiger partial charge in [0.15, 0.2) is 0 Å². The van der Waals surface area contributed by atoms with E-state index in [9.17, 15) is 9.50 Å². The van der Waals surface area contributed by atoms with E-state index >= 15 is 0 Å². The molecule has 2 heteroatoms. The molecule has 0 spiro atoms. The molecule has 55 valence electrons. The van der Waals surface area contributed by atoms with Crippen LogP contribution in [0.4, 0.5) is 4.39 Å². The molecule has 0 aromatic rings. The van der Waals surface area contributed by atoms with Crippen LogP contribution in [0.25, 0.3) is 0 Å². The Morgan fingerprint density at radius 2 is 2.00 bits per heavy atom. The molecule has 0 aliphatic carbocycles. The first kappa shape index (κ1) is 8.89. The minimum absolute atomic E-state index is 0.194. The number of hydrogen-bond acceptors (Lipinski definition) is 0. The molecule has 0 aliphatic heterocycles. The van der Waals surface area contributed by atoms with Gasteiger partial charge in [-0.15, -0.1) is 0 Å². The van der Waals surface area contributed by atoms with Crippen molar-refractivity contribution in [3.8, 4) is 0 Å². The van der Waals surface area contributed by atoms with Crippen molar-refractivity contribution in [2.75, 3.05) is 0 Å². The summed E-state index contributed by atoms with van der Waals surface area (Å²) in [6, 6.07) is 0. The van der Waals surface area contributed by atoms with E-state index in [1.807, 2.05) is 0 Å². The third-order valence-corrected chi connectivity index (χ3v) is 1.28. The lowest BCUT2D eigenvalue weighted by atomic mass is 10.2. The highest BCUT2D eigenvalue weighted by molar-refractivity contribution is 4.42. The predicted molar refractivity (Wildman–Crippen MR) is 34.3 cm³/mol. The van der Waals surface area contributed by atoms with Crippen LogP contribution >= 0.6 is 0 Å². The van der Waals surface area contributed by atoms with Crippen LogP contribution in [0.3, 0.4) is 0 Å². The van der Waals surface area contributed by atoms with Crippen LogP contribution < -0.4 is 0 Å². The molecule has 1 atom stereocenters. The van der Waals surface area contributed by atoms with E-state index < -0.39 is 6.36 Å². The molecule has 0 aliphatic rings. The maximum Gasteiger partial charge on any atom is 0.231 e. The van der Waals surface area contributed by atoms with E-state index in [-0.39, 0.29) is 6.42 Å². The molecule has 1 unspecified atom stereocenters. The summed E-state index contributed by atoms with van der Waals surface area (Å²) in [4.78, 5) is 0. The van der Waals surface area contributed by atoms with Crippen molar-refractivity contribution < 1.29 is 9.50 Å². The van der Waals surface area contributed by atoms with E-state index in [0.717, 1.165) is 25.7 Å². The fourth-order valence-corrected chi connectivity index (χ4v) is 0.732. The lowest BCUT2D eigenvalue weighted by Crippen LogP contribution is -1.93. The van der Waals surface area contributed by atoms with Crippen molar-refractivity contribution in [1.82, 2.24) is 0 Å². The van der Waals surface area contributed by atoms with Gasteiger partial charge in [-0.05, 0) is 6.42 Å². The van der Waals surface area contributed by atoms with Gasteiger partial charge in [-0.25, -0.2) is 4.39 Å². The highest BCUT2D eigenvalue weighted by atomic mass is 19.1. The fourth-order valence-electron chi connectivity index (χ4n) is 0.732. The van der Waals surface area contributed by atoms with Crippen molar-refractivity contribution in [2.45, 2.75) is 45.4 Å². The Bertz CT molecular complexity index is 54.9. The van der Waals surface area contributed by atoms with Gasteiger partial charge in [0.25, 0.3) is 0 Å². The molecular weight excluding hydrogens is 119 g/mol. The summed E-state index contributed by atoms with van der Waals surface area (Å²) in [7, 11) is 0. The zero-order valence-corrected chi connectivity index (χ0v) is 5.90. The summed E-state index contributed by atoms with van der Waals surface area (Å²) in [5.74, 6) is 0. The summed E-state index contributed by atoms with van der Waals surface area (Å²) in [6.45, 7) is 2.09. The first-order valence-corrected chi connectivity index (χ1v) is 3.57. The van der Waals surface area contributed by atoms with Gasteiger partial charge in [0.1, 0.15) is 0 Å². The number of hydrogen-bond donors (Lipinski definition) is 0. The fraction of sp³-hybridized carbons (Fsp3) is 1.00. The number of halogens is 1. The van der Waals surface area contributed by atoms with Crippen LogP contribution in [0.2, 0.25) is 0 Å². The Labute approximate surface area is 55.9 Å². The molecule has 1 nitrogen and oxygen atoms in total. The van der Waals surface area contributed by atoms with Gasteiger partial charge in [-0.3, -0.25) is 0 Å². The summed E-state index contributed by atoms with van der Waals surface area (Å²) >= 11 is 0. The second kappa shape index (κ2) is 6.02. The Hall–Kier alpha value is -0.110. The molecule has 0 saturated carbocycles. The summed E-state index contributed by atoms with van der Waals surface area (Å²) in [5, 5.41) is 9.82. The third-order valence-electron chi connectivity index (χ3n) is 1.28. The van der Waals surface area contributed by atoms with Crippen molar-refractivity contribution in [1.29, 1.82) is 0 Å². The normalized spacial score (nSPS) is 13.7. The van der Waals surface area contributed by atoms with Gasteiger partial charge in [-0.1, -0.05) is 26.2 Å². The molecule has 0 fully saturated rings. The van der Waals surface area contributed by atoms with Gasteiger partial charge in [0.05, 0.1) is 0 Å². The van der Waals surface area contributed by atoms with Crippen LogP contribution in [0.1, 0.15) is 39.0 Å². The van der Waals surface area contributed by atoms with Crippen molar-refractivity contribution in [3.05, 3.63) is 0 Å². The summed E-state index contributed by atoms with van der Waals surface area (Å²) < 4.78 is 11.6. The van der Waals surface area contributed by atoms with Crippen LogP contribution in [-0.2, 0) is 5.11 Å². The smallest absolute Gasteiger partial charge is 0.213 e. The maximum absolute atomic E-state index is 11.6. The molecular formula is C7H14FO. The van der Waals surface area contributed by atoms with Gasteiger partial charge in [-0.2, -0.15) is 5.11 Å². The molecule has 0 N–H and O–H groups in total. The average Bonchev–Trinajstić information content (AvgIpc) is 1.80. The standard InChI is InChI=1S/C7H14FO/c1-2-3-4-5-6-7(8)9/h7H,2-6H2,1H3. The third kappa shape index (κ3) is 7.89. The molecule has 9 heavy (non-hydrogen) atoms. The summed E-state index contributed by atoms with van der Waals surface area (Å²) in [6.07, 6.45) is 2.35. The summed E-state index contributed by atoms with van der Waals surface area (Å²) in [5.41, 5.74) is 0. The molecule has 0 aromatic heterocycles. The van der Waals surface area contributed by atoms with Crippen LogP contribution in [0, 0.1) is 0 Å². The molecule has 0 amide bonds. The average molecular weight is 133 g/mol. The molecule has 0 rings (SSSR count). The molecule has 0 aromatic carbocycles. The van der Waals surface area contributed by atoms with E-state index in [0.29, 0.717) is 0 Å². The van der Waals surface area contributed by atoms with Crippen molar-refractivity contribution in [2.24, 2.45) is 0 Å². The number of rotatable bonds is 5. The largest absolute Gasteiger partial charge is 0.231 e. The maximum atomic E-state index is 11.6. The van der Waals surface area contributed by atoms with Crippen LogP contribution in [0.5, 0.6) is 0 Å². The second-order valence-corrected chi connectivity index (χ2v) is 2.26. The van der Waals surface area contributed by atoms with Crippen LogP contribution in [0.15, 0.2) is 0 Å². The first-order chi connectivity index (χ1) is 4.27. The van der Waals surface area contributed by atoms with Gasteiger partial charge in [0.2, 0.25) is 6.36 Å². The highest BCUT2D eigenvalue weighted by Gasteiger charge is 1.99. The zero-order valence-electron chi connectivity index (χ0n) is 5.90. The van der Waals surface area contributed by atoms with Gasteiger partial charge >= 0.3 is 0 Å². The van der Waals surface area contributed by atoms with Gasteiger partial charge in [0, 0.05) is 6.42 Å². The van der Waals surface area contributed by atoms with Gasteiger partial charge < -0.3 is 0 Å². The van der Waals surface area contributed by atoms with E-state index in [1.165, 1.54) is 0 Å². The molecule has 0 bridgehead atoms. The van der Waals surface area contributed by atoms with Crippen molar-refractivity contribution >= 4 is 0 Å². The Morgan fingerprint density at radius 3 is 2.44 bits per heavy atom. The quantitative estimate of drug-likeness (QED) is 0.514. The topological polar surface area (TPSA) is 19.9 Å². The minimum Gasteiger partial charge on any atom is -0.213 e. The predicted octanol–water partition coefficient (Wildman–Crippen LogP) is 2.68. The number of unbranched alkanes of at least 4 members (excludes halogenated alkanes) is 3. The lowest BCUT2D eigenvalue weighted by molar-refractivity contribution is -0.0296. The second-order valence-electron chi connectivity index (χ2n) is 2.26. The first-order valence-electron chi connectivity index (χ1n) is 3.57. The Kier molecular flexibility index (Phi) is 5.94. The lowest BCUT2D eigenvalue weighted by Gasteiger charge is -1.96. The highest BCUT2D eigenvalue weighted by Crippen LogP contribution is 2.05. The van der Waals surface area contributed by atoms with E-state index in [1.54, 1.807) is 0 Å². The SMILES string of the molecule is CCCCCCC([O])F. The Balaban J connectivity index is 2.75. The zero-order chi connectivity index (χ0) is 7.11. The van der Waals surface area contributed by atoms with Crippen molar-refractivity contribution in [3.63, 3.8) is 0 Å². The monoisotopic (exact) mass is 133 g/mol. The minimum atomic E-state index is -1.85. The molecule has 0 heterocycles. The molecule has 0 saturated heterocycles. The van der Waals surface area contributed by atoms with Crippen LogP contribution in [-0.4, -0.2) is 6.36 Å².